The van der Waals surface area contributed by atoms with Crippen molar-refractivity contribution < 1.29 is 22.1 Å². The molecule has 1 amide bonds. The van der Waals surface area contributed by atoms with Gasteiger partial charge < -0.3 is 13.8 Å². The van der Waals surface area contributed by atoms with Crippen LogP contribution in [0.15, 0.2) is 24.3 Å². The van der Waals surface area contributed by atoms with Crippen LogP contribution in [0.25, 0.3) is 0 Å². The average Bonchev–Trinajstić information content (AvgIpc) is 3.05. The largest absolute Gasteiger partial charge is 0.382 e. The predicted molar refractivity (Wildman–Crippen MR) is 98.3 cm³/mol. The molecule has 1 atom stereocenters. The lowest BCUT2D eigenvalue weighted by Gasteiger charge is -2.33. The first-order valence-electron chi connectivity index (χ1n) is 9.38. The van der Waals surface area contributed by atoms with Gasteiger partial charge in [0.05, 0.1) is 11.9 Å². The second kappa shape index (κ2) is 8.39. The Morgan fingerprint density at radius 3 is 2.69 bits per heavy atom. The molecule has 1 aromatic rings. The molecule has 0 aromatic heterocycles. The molecule has 0 radical (unpaired) electrons. The number of ether oxygens (including phenoxy) is 1. The fourth-order valence-corrected chi connectivity index (χ4v) is 3.82. The van der Waals surface area contributed by atoms with Crippen LogP contribution in [-0.2, 0) is 26.2 Å². The number of rotatable bonds is 8. The first-order chi connectivity index (χ1) is 12.5. The lowest BCUT2D eigenvalue weighted by atomic mass is 9.84. The van der Waals surface area contributed by atoms with Crippen molar-refractivity contribution in [3.63, 3.8) is 0 Å². The topological polar surface area (TPSA) is 72.9 Å². The van der Waals surface area contributed by atoms with E-state index in [1.165, 1.54) is 0 Å². The third kappa shape index (κ3) is 4.98. The summed E-state index contributed by atoms with van der Waals surface area (Å²) in [5, 5.41) is 0. The molecule has 2 aliphatic rings. The van der Waals surface area contributed by atoms with Gasteiger partial charge in [-0.3, -0.25) is 4.79 Å². The second-order valence-electron chi connectivity index (χ2n) is 7.06. The zero-order valence-electron chi connectivity index (χ0n) is 15.2. The van der Waals surface area contributed by atoms with Gasteiger partial charge in [-0.1, -0.05) is 18.6 Å². The molecule has 1 aliphatic carbocycles. The molecule has 1 aliphatic heterocycles. The van der Waals surface area contributed by atoms with Crippen molar-refractivity contribution in [1.29, 1.82) is 0 Å². The van der Waals surface area contributed by atoms with Gasteiger partial charge in [-0.05, 0) is 50.3 Å². The first-order valence-corrected chi connectivity index (χ1v) is 11.0. The highest BCUT2D eigenvalue weighted by Gasteiger charge is 2.31. The zero-order chi connectivity index (χ0) is 18.6. The third-order valence-corrected chi connectivity index (χ3v) is 6.22. The number of hydrogen-bond acceptors (Lipinski definition) is 5. The van der Waals surface area contributed by atoms with Crippen LogP contribution in [0.3, 0.4) is 0 Å². The van der Waals surface area contributed by atoms with Crippen molar-refractivity contribution in [1.82, 2.24) is 4.90 Å². The van der Waals surface area contributed by atoms with Crippen LogP contribution in [0, 0.1) is 5.92 Å². The highest BCUT2D eigenvalue weighted by Crippen LogP contribution is 2.30. The Morgan fingerprint density at radius 1 is 1.27 bits per heavy atom. The van der Waals surface area contributed by atoms with E-state index in [0.29, 0.717) is 13.1 Å². The summed E-state index contributed by atoms with van der Waals surface area (Å²) in [7, 11) is -3.56. The second-order valence-corrected chi connectivity index (χ2v) is 8.92. The SMILES string of the molecule is CCS(=O)(=O)Oc1cccc(CN(CC2CCCO2)C(=O)C2CCC2)c1. The summed E-state index contributed by atoms with van der Waals surface area (Å²) in [4.78, 5) is 14.7. The van der Waals surface area contributed by atoms with E-state index in [4.69, 9.17) is 8.92 Å². The van der Waals surface area contributed by atoms with Crippen LogP contribution in [0.4, 0.5) is 0 Å². The Labute approximate surface area is 155 Å². The molecule has 1 unspecified atom stereocenters. The molecule has 0 N–H and O–H groups in total. The van der Waals surface area contributed by atoms with E-state index in [9.17, 15) is 13.2 Å². The fraction of sp³-hybridized carbons (Fsp3) is 0.632. The van der Waals surface area contributed by atoms with Gasteiger partial charge in [0, 0.05) is 25.6 Å². The summed E-state index contributed by atoms with van der Waals surface area (Å²) in [6.07, 6.45) is 5.14. The number of carbonyl (C=O) groups is 1. The molecule has 3 rings (SSSR count). The summed E-state index contributed by atoms with van der Waals surface area (Å²) >= 11 is 0. The summed E-state index contributed by atoms with van der Waals surface area (Å²) in [6.45, 7) is 3.33. The van der Waals surface area contributed by atoms with Crippen molar-refractivity contribution in [3.05, 3.63) is 29.8 Å². The quantitative estimate of drug-likeness (QED) is 0.648. The fourth-order valence-electron chi connectivity index (χ4n) is 3.30. The summed E-state index contributed by atoms with van der Waals surface area (Å²) in [6, 6.07) is 6.97. The normalized spacial score (nSPS) is 20.6. The lowest BCUT2D eigenvalue weighted by Crippen LogP contribution is -2.42. The third-order valence-electron chi connectivity index (χ3n) is 5.06. The van der Waals surface area contributed by atoms with Crippen LogP contribution in [0.2, 0.25) is 0 Å². The minimum atomic E-state index is -3.56. The Morgan fingerprint density at radius 2 is 2.08 bits per heavy atom. The van der Waals surface area contributed by atoms with Crippen LogP contribution in [-0.4, -0.2) is 44.2 Å². The van der Waals surface area contributed by atoms with Gasteiger partial charge in [0.2, 0.25) is 5.91 Å². The van der Waals surface area contributed by atoms with E-state index in [2.05, 4.69) is 0 Å². The van der Waals surface area contributed by atoms with E-state index in [1.807, 2.05) is 11.0 Å². The van der Waals surface area contributed by atoms with Crippen molar-refractivity contribution in [2.45, 2.75) is 51.7 Å². The maximum absolute atomic E-state index is 12.8. The Kier molecular flexibility index (Phi) is 6.19. The average molecular weight is 381 g/mol. The Hall–Kier alpha value is -1.60. The lowest BCUT2D eigenvalue weighted by molar-refractivity contribution is -0.140. The molecule has 1 aromatic carbocycles. The summed E-state index contributed by atoms with van der Waals surface area (Å²) < 4.78 is 34.1. The molecular formula is C19H27NO5S. The maximum atomic E-state index is 12.8. The van der Waals surface area contributed by atoms with Gasteiger partial charge in [0.25, 0.3) is 0 Å². The van der Waals surface area contributed by atoms with Crippen molar-refractivity contribution in [3.8, 4) is 5.75 Å². The van der Waals surface area contributed by atoms with Crippen LogP contribution < -0.4 is 4.18 Å². The molecule has 0 spiro atoms. The number of amides is 1. The molecule has 1 saturated heterocycles. The van der Waals surface area contributed by atoms with E-state index in [0.717, 1.165) is 44.3 Å². The van der Waals surface area contributed by atoms with Crippen LogP contribution in [0.1, 0.15) is 44.6 Å². The smallest absolute Gasteiger partial charge is 0.308 e. The predicted octanol–water partition coefficient (Wildman–Crippen LogP) is 2.72. The zero-order valence-corrected chi connectivity index (χ0v) is 16.0. The Bertz CT molecular complexity index is 723. The van der Waals surface area contributed by atoms with Gasteiger partial charge in [0.15, 0.2) is 0 Å². The number of hydrogen-bond donors (Lipinski definition) is 0. The molecule has 6 nitrogen and oxygen atoms in total. The highest BCUT2D eigenvalue weighted by molar-refractivity contribution is 7.87. The van der Waals surface area contributed by atoms with Crippen LogP contribution in [0.5, 0.6) is 5.75 Å². The summed E-state index contributed by atoms with van der Waals surface area (Å²) in [5.74, 6) is 0.510. The van der Waals surface area contributed by atoms with Gasteiger partial charge >= 0.3 is 10.1 Å². The van der Waals surface area contributed by atoms with Gasteiger partial charge in [-0.25, -0.2) is 0 Å². The monoisotopic (exact) mass is 381 g/mol. The molecule has 0 bridgehead atoms. The Balaban J connectivity index is 1.71. The number of benzene rings is 1. The molecule has 26 heavy (non-hydrogen) atoms. The molecule has 1 heterocycles. The van der Waals surface area contributed by atoms with Gasteiger partial charge in [0.1, 0.15) is 5.75 Å². The van der Waals surface area contributed by atoms with Crippen molar-refractivity contribution in [2.24, 2.45) is 5.92 Å². The molecule has 7 heteroatoms. The standard InChI is InChI=1S/C19H27NO5S/c1-2-26(22,23)25-17-9-3-6-15(12-17)13-20(14-18-10-5-11-24-18)19(21)16-7-4-8-16/h3,6,9,12,16,18H,2,4-5,7-8,10-11,13-14H2,1H3. The number of carbonyl (C=O) groups excluding carboxylic acids is 1. The minimum Gasteiger partial charge on any atom is -0.382 e. The number of nitrogens with zero attached hydrogens (tertiary/aromatic N) is 1. The molecular weight excluding hydrogens is 354 g/mol. The summed E-state index contributed by atoms with van der Waals surface area (Å²) in [5.41, 5.74) is 0.861. The maximum Gasteiger partial charge on any atom is 0.308 e. The van der Waals surface area contributed by atoms with E-state index >= 15 is 0 Å². The van der Waals surface area contributed by atoms with E-state index < -0.39 is 10.1 Å². The van der Waals surface area contributed by atoms with Gasteiger partial charge in [-0.2, -0.15) is 8.42 Å². The van der Waals surface area contributed by atoms with Crippen molar-refractivity contribution >= 4 is 16.0 Å². The van der Waals surface area contributed by atoms with E-state index in [1.54, 1.807) is 25.1 Å². The van der Waals surface area contributed by atoms with Gasteiger partial charge in [-0.15, -0.1) is 0 Å². The first kappa shape index (κ1) is 19.2. The molecule has 1 saturated carbocycles. The van der Waals surface area contributed by atoms with E-state index in [-0.39, 0.29) is 29.4 Å². The van der Waals surface area contributed by atoms with Crippen LogP contribution >= 0.6 is 0 Å². The molecule has 2 fully saturated rings. The molecule has 144 valence electrons. The van der Waals surface area contributed by atoms with Crippen molar-refractivity contribution in [2.75, 3.05) is 18.9 Å². The highest BCUT2D eigenvalue weighted by atomic mass is 32.2. The minimum absolute atomic E-state index is 0.0808.